The second-order valence-electron chi connectivity index (χ2n) is 8.99. The van der Waals surface area contributed by atoms with E-state index in [0.717, 1.165) is 17.7 Å². The predicted octanol–water partition coefficient (Wildman–Crippen LogP) is 5.13. The number of pyridine rings is 1. The first-order valence-corrected chi connectivity index (χ1v) is 13.2. The molecule has 38 heavy (non-hydrogen) atoms. The van der Waals surface area contributed by atoms with Crippen LogP contribution in [0.1, 0.15) is 31.7 Å². The Morgan fingerprint density at radius 3 is 2.47 bits per heavy atom. The smallest absolute Gasteiger partial charge is 0.468 e. The molecule has 0 saturated heterocycles. The standard InChI is InChI=1S/C24H24F3N7O3S/c25-24(26,27)38(36,37)18-9-5-16(6-10-18)31-23(35)14-3-7-17(8-4-14)34-13-30-19-20(28)32-21(33-22(19)34)15-2-1-11-29-12-15/h1-2,5-6,9-14,17,36-37H,3-4,7-8H2,(H,31,35)(H2,28,32,33)/p-1. The zero-order valence-corrected chi connectivity index (χ0v) is 20.6. The Morgan fingerprint density at radius 2 is 1.84 bits per heavy atom. The second kappa shape index (κ2) is 9.85. The van der Waals surface area contributed by atoms with E-state index in [-0.39, 0.29) is 29.4 Å². The molecule has 14 heteroatoms. The fourth-order valence-electron chi connectivity index (χ4n) is 4.55. The highest BCUT2D eigenvalue weighted by Crippen LogP contribution is 2.61. The molecule has 1 aliphatic carbocycles. The van der Waals surface area contributed by atoms with E-state index in [2.05, 4.69) is 25.3 Å². The SMILES string of the molecule is Nc1nc(-c2cccnc2)nc2c1ncn2C1CCC(C(=O)Nc2ccc(S([O-])(O)C(F)(F)F)cc2)CC1. The Hall–Kier alpha value is -3.75. The van der Waals surface area contributed by atoms with Gasteiger partial charge in [-0.15, -0.1) is 0 Å². The number of nitrogen functional groups attached to an aromatic ring is 1. The quantitative estimate of drug-likeness (QED) is 0.311. The number of carbonyl (C=O) groups is 1. The molecule has 0 spiro atoms. The molecule has 200 valence electrons. The van der Waals surface area contributed by atoms with E-state index in [1.165, 1.54) is 12.1 Å². The average Bonchev–Trinajstić information content (AvgIpc) is 3.34. The van der Waals surface area contributed by atoms with Crippen molar-refractivity contribution in [1.82, 2.24) is 24.5 Å². The lowest BCUT2D eigenvalue weighted by molar-refractivity contribution is -0.121. The number of rotatable bonds is 5. The van der Waals surface area contributed by atoms with Gasteiger partial charge in [0.2, 0.25) is 5.91 Å². The molecule has 4 N–H and O–H groups in total. The molecule has 0 aliphatic heterocycles. The van der Waals surface area contributed by atoms with Crippen molar-refractivity contribution in [3.05, 3.63) is 55.1 Å². The van der Waals surface area contributed by atoms with E-state index in [1.807, 2.05) is 10.6 Å². The van der Waals surface area contributed by atoms with Crippen LogP contribution in [0.15, 0.2) is 60.0 Å². The summed E-state index contributed by atoms with van der Waals surface area (Å²) < 4.78 is 61.3. The fourth-order valence-corrected chi connectivity index (χ4v) is 5.32. The van der Waals surface area contributed by atoms with Crippen LogP contribution in [-0.4, -0.2) is 45.0 Å². The molecule has 1 atom stereocenters. The Balaban J connectivity index is 1.25. The summed E-state index contributed by atoms with van der Waals surface area (Å²) in [6, 6.07) is 7.80. The van der Waals surface area contributed by atoms with E-state index < -0.39 is 21.0 Å². The second-order valence-corrected chi connectivity index (χ2v) is 11.0. The third-order valence-corrected chi connectivity index (χ3v) is 8.12. The van der Waals surface area contributed by atoms with Crippen LogP contribution in [0.2, 0.25) is 0 Å². The highest BCUT2D eigenvalue weighted by atomic mass is 32.3. The van der Waals surface area contributed by atoms with Gasteiger partial charge in [-0.3, -0.25) is 9.78 Å². The maximum Gasteiger partial charge on any atom is 0.468 e. The van der Waals surface area contributed by atoms with Crippen LogP contribution >= 0.6 is 10.6 Å². The molecule has 3 heterocycles. The lowest BCUT2D eigenvalue weighted by atomic mass is 9.85. The molecule has 1 amide bonds. The van der Waals surface area contributed by atoms with Gasteiger partial charge in [-0.2, -0.15) is 13.2 Å². The van der Waals surface area contributed by atoms with Crippen molar-refractivity contribution in [2.45, 2.75) is 42.1 Å². The number of aromatic nitrogens is 5. The van der Waals surface area contributed by atoms with Gasteiger partial charge in [0.1, 0.15) is 5.52 Å². The van der Waals surface area contributed by atoms with E-state index in [1.54, 1.807) is 24.8 Å². The van der Waals surface area contributed by atoms with Gasteiger partial charge in [0.05, 0.1) is 6.33 Å². The molecule has 0 bridgehead atoms. The van der Waals surface area contributed by atoms with Crippen molar-refractivity contribution >= 4 is 39.2 Å². The number of imidazole rings is 1. The number of benzene rings is 1. The maximum absolute atomic E-state index is 12.8. The molecule has 1 unspecified atom stereocenters. The van der Waals surface area contributed by atoms with E-state index >= 15 is 0 Å². The topological polar surface area (TPSA) is 155 Å². The molecular weight excluding hydrogens is 523 g/mol. The number of halogens is 3. The number of fused-ring (bicyclic) bond motifs is 1. The number of nitrogens with one attached hydrogen (secondary N) is 1. The lowest BCUT2D eigenvalue weighted by Crippen LogP contribution is -2.28. The average molecular weight is 547 g/mol. The van der Waals surface area contributed by atoms with Crippen LogP contribution in [0.5, 0.6) is 0 Å². The van der Waals surface area contributed by atoms with Crippen molar-refractivity contribution in [3.8, 4) is 11.4 Å². The van der Waals surface area contributed by atoms with Gasteiger partial charge in [-0.25, -0.2) is 25.5 Å². The van der Waals surface area contributed by atoms with Crippen LogP contribution in [0, 0.1) is 5.92 Å². The number of alkyl halides is 3. The predicted molar refractivity (Wildman–Crippen MR) is 134 cm³/mol. The molecule has 1 aromatic carbocycles. The van der Waals surface area contributed by atoms with Crippen molar-refractivity contribution < 1.29 is 27.1 Å². The van der Waals surface area contributed by atoms with Crippen LogP contribution in [0.3, 0.4) is 0 Å². The van der Waals surface area contributed by atoms with Crippen molar-refractivity contribution in [1.29, 1.82) is 0 Å². The number of anilines is 2. The van der Waals surface area contributed by atoms with Gasteiger partial charge in [0.25, 0.3) is 0 Å². The summed E-state index contributed by atoms with van der Waals surface area (Å²) >= 11 is 0. The van der Waals surface area contributed by atoms with Gasteiger partial charge < -0.3 is 24.7 Å². The minimum absolute atomic E-state index is 0.0412. The Morgan fingerprint density at radius 1 is 1.13 bits per heavy atom. The fraction of sp³-hybridized carbons (Fsp3) is 0.292. The summed E-state index contributed by atoms with van der Waals surface area (Å²) in [7, 11) is -5.20. The molecule has 10 nitrogen and oxygen atoms in total. The van der Waals surface area contributed by atoms with Gasteiger partial charge >= 0.3 is 5.51 Å². The number of amides is 1. The number of nitrogens with zero attached hydrogens (tertiary/aromatic N) is 5. The van der Waals surface area contributed by atoms with E-state index in [0.29, 0.717) is 42.7 Å². The first-order valence-electron chi connectivity index (χ1n) is 11.7. The first kappa shape index (κ1) is 25.9. The third-order valence-electron chi connectivity index (χ3n) is 6.58. The Kier molecular flexibility index (Phi) is 6.71. The van der Waals surface area contributed by atoms with E-state index in [4.69, 9.17) is 5.73 Å². The van der Waals surface area contributed by atoms with Gasteiger partial charge in [-0.1, -0.05) is 0 Å². The van der Waals surface area contributed by atoms with Gasteiger partial charge in [0, 0.05) is 40.5 Å². The Labute approximate surface area is 216 Å². The van der Waals surface area contributed by atoms with Crippen LogP contribution in [-0.2, 0) is 4.79 Å². The first-order chi connectivity index (χ1) is 18.0. The molecule has 5 rings (SSSR count). The number of hydrogen-bond acceptors (Lipinski definition) is 8. The summed E-state index contributed by atoms with van der Waals surface area (Å²) in [4.78, 5) is 29.5. The number of carbonyl (C=O) groups excluding carboxylic acids is 1. The summed E-state index contributed by atoms with van der Waals surface area (Å²) in [5.74, 6) is 0.136. The molecule has 1 fully saturated rings. The molecule has 0 radical (unpaired) electrons. The number of hydrogen-bond donors (Lipinski definition) is 3. The zero-order valence-electron chi connectivity index (χ0n) is 19.8. The van der Waals surface area contributed by atoms with Crippen molar-refractivity contribution in [3.63, 3.8) is 0 Å². The Bertz CT molecular complexity index is 1460. The van der Waals surface area contributed by atoms with Crippen molar-refractivity contribution in [2.75, 3.05) is 11.1 Å². The number of nitrogens with two attached hydrogens (primary N) is 1. The summed E-state index contributed by atoms with van der Waals surface area (Å²) in [5, 5.41) is 2.68. The summed E-state index contributed by atoms with van der Waals surface area (Å²) in [6.45, 7) is 0. The molecular formula is C24H23F3N7O3S-. The third kappa shape index (κ3) is 4.89. The molecule has 1 aliphatic rings. The maximum atomic E-state index is 12.8. The van der Waals surface area contributed by atoms with Gasteiger partial charge in [0.15, 0.2) is 17.3 Å². The lowest BCUT2D eigenvalue weighted by Gasteiger charge is -2.46. The minimum Gasteiger partial charge on any atom is -0.758 e. The van der Waals surface area contributed by atoms with Crippen molar-refractivity contribution in [2.24, 2.45) is 5.92 Å². The minimum atomic E-state index is -5.28. The van der Waals surface area contributed by atoms with Crippen LogP contribution in [0.25, 0.3) is 22.6 Å². The molecule has 1 saturated carbocycles. The largest absolute Gasteiger partial charge is 0.758 e. The van der Waals surface area contributed by atoms with Crippen LogP contribution < -0.4 is 11.1 Å². The van der Waals surface area contributed by atoms with Crippen LogP contribution in [0.4, 0.5) is 24.7 Å². The monoisotopic (exact) mass is 546 g/mol. The zero-order chi connectivity index (χ0) is 27.1. The normalized spacial score (nSPS) is 20.6. The summed E-state index contributed by atoms with van der Waals surface area (Å²) in [6.07, 6.45) is 7.47. The summed E-state index contributed by atoms with van der Waals surface area (Å²) in [5.41, 5.74) is 2.93. The molecule has 4 aromatic rings. The molecule has 3 aromatic heterocycles. The highest BCUT2D eigenvalue weighted by molar-refractivity contribution is 8.25. The highest BCUT2D eigenvalue weighted by Gasteiger charge is 2.39. The van der Waals surface area contributed by atoms with Gasteiger partial charge in [-0.05, 0) is 62.1 Å². The van der Waals surface area contributed by atoms with E-state index in [9.17, 15) is 27.1 Å².